The second-order valence-electron chi connectivity index (χ2n) is 4.01. The molecule has 2 fully saturated rings. The fourth-order valence-corrected chi connectivity index (χ4v) is 3.43. The molecular formula is C7H14N2O2S. The number of hydroxylamine groups is 1. The molecule has 2 saturated heterocycles. The molecule has 0 aromatic rings. The van der Waals surface area contributed by atoms with E-state index in [9.17, 15) is 5.11 Å². The molecule has 0 spiro atoms. The lowest BCUT2D eigenvalue weighted by molar-refractivity contribution is -0.143. The van der Waals surface area contributed by atoms with Gasteiger partial charge in [-0.2, -0.15) is 5.48 Å². The van der Waals surface area contributed by atoms with Gasteiger partial charge in [0, 0.05) is 11.3 Å². The lowest BCUT2D eigenvalue weighted by atomic mass is 10.0. The van der Waals surface area contributed by atoms with Gasteiger partial charge in [0.25, 0.3) is 0 Å². The summed E-state index contributed by atoms with van der Waals surface area (Å²) >= 11 is 1.80. The third-order valence-corrected chi connectivity index (χ3v) is 4.02. The highest BCUT2D eigenvalue weighted by molar-refractivity contribution is 8.01. The number of aliphatic hydroxyl groups is 1. The van der Waals surface area contributed by atoms with E-state index < -0.39 is 6.23 Å². The molecule has 2 rings (SSSR count). The second-order valence-corrected chi connectivity index (χ2v) is 5.83. The Labute approximate surface area is 75.9 Å². The van der Waals surface area contributed by atoms with Crippen molar-refractivity contribution in [1.29, 1.82) is 0 Å². The maximum absolute atomic E-state index is 9.50. The Morgan fingerprint density at radius 2 is 2.25 bits per heavy atom. The Kier molecular flexibility index (Phi) is 1.89. The molecule has 5 heteroatoms. The summed E-state index contributed by atoms with van der Waals surface area (Å²) in [6, 6.07) is -0.184. The first-order valence-electron chi connectivity index (χ1n) is 4.06. The number of nitrogens with zero attached hydrogens (tertiary/aromatic N) is 1. The third-order valence-electron chi connectivity index (χ3n) is 2.45. The minimum atomic E-state index is -0.519. The Hall–Kier alpha value is 0.190. The average molecular weight is 190 g/mol. The maximum atomic E-state index is 9.50. The van der Waals surface area contributed by atoms with E-state index in [1.807, 2.05) is 4.90 Å². The van der Waals surface area contributed by atoms with Crippen molar-refractivity contribution in [2.24, 2.45) is 0 Å². The lowest BCUT2D eigenvalue weighted by Gasteiger charge is -2.46. The predicted molar refractivity (Wildman–Crippen MR) is 46.9 cm³/mol. The smallest absolute Gasteiger partial charge is 0.128 e. The SMILES string of the molecule is CC1(C)CN2C(O)C(NO)C2S1. The van der Waals surface area contributed by atoms with Crippen molar-refractivity contribution in [1.82, 2.24) is 10.4 Å². The van der Waals surface area contributed by atoms with Gasteiger partial charge in [-0.1, -0.05) is 0 Å². The number of rotatable bonds is 1. The van der Waals surface area contributed by atoms with Crippen molar-refractivity contribution >= 4 is 11.8 Å². The monoisotopic (exact) mass is 190 g/mol. The molecule has 0 saturated carbocycles. The van der Waals surface area contributed by atoms with Crippen LogP contribution in [0.15, 0.2) is 0 Å². The van der Waals surface area contributed by atoms with Gasteiger partial charge in [-0.15, -0.1) is 11.8 Å². The van der Waals surface area contributed by atoms with Gasteiger partial charge in [0.2, 0.25) is 0 Å². The standard InChI is InChI=1S/C7H14N2O2S/c1-7(2)3-9-5(10)4(8-11)6(9)12-7/h4-6,8,10-11H,3H2,1-2H3. The molecule has 2 heterocycles. The first kappa shape index (κ1) is 8.77. The fourth-order valence-electron chi connectivity index (χ4n) is 1.87. The predicted octanol–water partition coefficient (Wildman–Crippen LogP) is -0.181. The van der Waals surface area contributed by atoms with Crippen molar-refractivity contribution in [2.45, 2.75) is 36.2 Å². The van der Waals surface area contributed by atoms with Crippen molar-refractivity contribution in [2.75, 3.05) is 6.54 Å². The summed E-state index contributed by atoms with van der Waals surface area (Å²) in [6.07, 6.45) is -0.519. The number of thioether (sulfide) groups is 1. The minimum absolute atomic E-state index is 0.184. The van der Waals surface area contributed by atoms with Gasteiger partial charge in [0.05, 0.1) is 11.4 Å². The van der Waals surface area contributed by atoms with Crippen molar-refractivity contribution in [3.8, 4) is 0 Å². The first-order valence-corrected chi connectivity index (χ1v) is 4.94. The summed E-state index contributed by atoms with van der Waals surface area (Å²) in [5, 5.41) is 18.5. The van der Waals surface area contributed by atoms with Crippen LogP contribution in [0, 0.1) is 0 Å². The van der Waals surface area contributed by atoms with Gasteiger partial charge >= 0.3 is 0 Å². The zero-order valence-corrected chi connectivity index (χ0v) is 8.01. The largest absolute Gasteiger partial charge is 0.376 e. The minimum Gasteiger partial charge on any atom is -0.376 e. The van der Waals surface area contributed by atoms with E-state index in [4.69, 9.17) is 5.21 Å². The van der Waals surface area contributed by atoms with Crippen LogP contribution in [0.5, 0.6) is 0 Å². The highest BCUT2D eigenvalue weighted by atomic mass is 32.2. The van der Waals surface area contributed by atoms with Crippen LogP contribution in [0.25, 0.3) is 0 Å². The molecule has 0 radical (unpaired) electrons. The van der Waals surface area contributed by atoms with Crippen molar-refractivity contribution < 1.29 is 10.3 Å². The van der Waals surface area contributed by atoms with Crippen LogP contribution < -0.4 is 5.48 Å². The molecule has 0 aromatic carbocycles. The summed E-state index contributed by atoms with van der Waals surface area (Å²) in [5.74, 6) is 0. The molecule has 2 aliphatic rings. The quantitative estimate of drug-likeness (QED) is 0.501. The Balaban J connectivity index is 2.06. The summed E-state index contributed by atoms with van der Waals surface area (Å²) in [5.41, 5.74) is 2.15. The molecule has 2 aliphatic heterocycles. The molecule has 3 N–H and O–H groups in total. The summed E-state index contributed by atoms with van der Waals surface area (Å²) in [7, 11) is 0. The van der Waals surface area contributed by atoms with E-state index in [2.05, 4.69) is 19.3 Å². The lowest BCUT2D eigenvalue weighted by Crippen LogP contribution is -2.68. The highest BCUT2D eigenvalue weighted by Crippen LogP contribution is 2.47. The van der Waals surface area contributed by atoms with E-state index in [1.165, 1.54) is 0 Å². The van der Waals surface area contributed by atoms with Gasteiger partial charge in [0.1, 0.15) is 6.23 Å². The van der Waals surface area contributed by atoms with E-state index >= 15 is 0 Å². The Morgan fingerprint density at radius 3 is 2.83 bits per heavy atom. The van der Waals surface area contributed by atoms with Crippen LogP contribution in [0.4, 0.5) is 0 Å². The van der Waals surface area contributed by atoms with Crippen LogP contribution in [0.2, 0.25) is 0 Å². The topological polar surface area (TPSA) is 55.7 Å². The van der Waals surface area contributed by atoms with Crippen molar-refractivity contribution in [3.05, 3.63) is 0 Å². The molecule has 0 amide bonds. The van der Waals surface area contributed by atoms with E-state index in [-0.39, 0.29) is 16.2 Å². The zero-order valence-electron chi connectivity index (χ0n) is 7.19. The van der Waals surface area contributed by atoms with Gasteiger partial charge in [-0.05, 0) is 13.8 Å². The van der Waals surface area contributed by atoms with Crippen LogP contribution in [0.1, 0.15) is 13.8 Å². The molecule has 0 bridgehead atoms. The summed E-state index contributed by atoms with van der Waals surface area (Å²) in [6.45, 7) is 5.19. The summed E-state index contributed by atoms with van der Waals surface area (Å²) < 4.78 is 0.192. The Morgan fingerprint density at radius 1 is 1.58 bits per heavy atom. The van der Waals surface area contributed by atoms with Crippen LogP contribution >= 0.6 is 11.8 Å². The number of hydrogen-bond acceptors (Lipinski definition) is 5. The first-order chi connectivity index (χ1) is 5.55. The van der Waals surface area contributed by atoms with E-state index in [1.54, 1.807) is 11.8 Å². The number of fused-ring (bicyclic) bond motifs is 1. The van der Waals surface area contributed by atoms with E-state index in [0.29, 0.717) is 0 Å². The molecule has 3 atom stereocenters. The average Bonchev–Trinajstić information content (AvgIpc) is 2.25. The second kappa shape index (κ2) is 2.59. The number of hydrogen-bond donors (Lipinski definition) is 3. The molecular weight excluding hydrogens is 176 g/mol. The molecule has 0 aliphatic carbocycles. The normalized spacial score (nSPS) is 45.5. The molecule has 4 nitrogen and oxygen atoms in total. The van der Waals surface area contributed by atoms with Crippen LogP contribution in [0.3, 0.4) is 0 Å². The Bertz CT molecular complexity index is 200. The van der Waals surface area contributed by atoms with Crippen molar-refractivity contribution in [3.63, 3.8) is 0 Å². The van der Waals surface area contributed by atoms with Crippen LogP contribution in [-0.4, -0.2) is 44.1 Å². The fraction of sp³-hybridized carbons (Fsp3) is 1.00. The molecule has 0 aromatic heterocycles. The summed E-state index contributed by atoms with van der Waals surface area (Å²) in [4.78, 5) is 2.00. The van der Waals surface area contributed by atoms with Gasteiger partial charge in [-0.3, -0.25) is 4.90 Å². The van der Waals surface area contributed by atoms with Gasteiger partial charge in [-0.25, -0.2) is 0 Å². The zero-order chi connectivity index (χ0) is 8.93. The van der Waals surface area contributed by atoms with Crippen LogP contribution in [-0.2, 0) is 0 Å². The molecule has 70 valence electrons. The maximum Gasteiger partial charge on any atom is 0.128 e. The molecule has 3 unspecified atom stereocenters. The number of aliphatic hydroxyl groups excluding tert-OH is 1. The van der Waals surface area contributed by atoms with Gasteiger partial charge < -0.3 is 10.3 Å². The third kappa shape index (κ3) is 1.08. The molecule has 12 heavy (non-hydrogen) atoms. The van der Waals surface area contributed by atoms with E-state index in [0.717, 1.165) is 6.54 Å². The van der Waals surface area contributed by atoms with Gasteiger partial charge in [0.15, 0.2) is 0 Å². The number of nitrogens with one attached hydrogen (secondary N) is 1. The highest BCUT2D eigenvalue weighted by Gasteiger charge is 2.55.